The number of aliphatic hydroxyl groups is 2. The molecule has 2 unspecified atom stereocenters. The Morgan fingerprint density at radius 3 is 2.70 bits per heavy atom. The number of nitrogens with zero attached hydrogens (tertiary/aromatic N) is 2. The molecule has 1 aliphatic carbocycles. The molecule has 0 bridgehead atoms. The van der Waals surface area contributed by atoms with E-state index < -0.39 is 0 Å². The molecule has 43 heavy (non-hydrogen) atoms. The normalized spacial score (nSPS) is 17.7. The smallest absolute Gasteiger partial charge is 0.128 e. The average Bonchev–Trinajstić information content (AvgIpc) is 3.01. The van der Waals surface area contributed by atoms with E-state index in [-0.39, 0.29) is 12.2 Å². The summed E-state index contributed by atoms with van der Waals surface area (Å²) in [7, 11) is 1.00. The Kier molecular flexibility index (Phi) is 19.4. The highest BCUT2D eigenvalue weighted by atomic mass is 16.5. The number of aliphatic imine (C=N–C) groups is 1. The van der Waals surface area contributed by atoms with Gasteiger partial charge in [0.25, 0.3) is 0 Å². The third-order valence-electron chi connectivity index (χ3n) is 6.85. The minimum Gasteiger partial charge on any atom is -0.483 e. The maximum atomic E-state index is 9.34. The van der Waals surface area contributed by atoms with Gasteiger partial charge in [-0.1, -0.05) is 69.9 Å². The van der Waals surface area contributed by atoms with E-state index >= 15 is 0 Å². The Morgan fingerprint density at radius 2 is 2.05 bits per heavy atom. The van der Waals surface area contributed by atoms with Crippen LogP contribution in [0.5, 0.6) is 0 Å². The van der Waals surface area contributed by atoms with Crippen molar-refractivity contribution in [3.8, 4) is 0 Å². The standard InChI is InChI=1S/C35H52N4O2.CH4O/c1-7-14-33(38-25-30(5)22-34(15-8-2)41-35(6)19-11-10-12-20-35)26-36-28-39(9-3)21-18-29(4)24-37-32-17-13-16-31(23-32)27-40;1-2/h8,10-17,19,22-23,26,29,37-38,40H,5,7,9,18,20-21,24-25,27-28H2,1-4,6H3;2H,1H3/b15-8-,33-14+,34-22+,36-26-;. The molecule has 4 N–H and O–H groups in total. The molecule has 0 saturated heterocycles. The number of anilines is 1. The maximum Gasteiger partial charge on any atom is 0.128 e. The molecule has 0 saturated carbocycles. The number of benzene rings is 1. The second-order valence-corrected chi connectivity index (χ2v) is 10.8. The zero-order valence-electron chi connectivity index (χ0n) is 27.4. The monoisotopic (exact) mass is 592 g/mol. The van der Waals surface area contributed by atoms with Gasteiger partial charge < -0.3 is 25.6 Å². The number of nitrogens with one attached hydrogen (secondary N) is 2. The summed E-state index contributed by atoms with van der Waals surface area (Å²) >= 11 is 0. The molecule has 2 atom stereocenters. The summed E-state index contributed by atoms with van der Waals surface area (Å²) in [5.74, 6) is 1.32. The topological polar surface area (TPSA) is 89.4 Å². The van der Waals surface area contributed by atoms with Crippen LogP contribution in [-0.4, -0.2) is 66.9 Å². The molecule has 7 nitrogen and oxygen atoms in total. The van der Waals surface area contributed by atoms with Gasteiger partial charge in [0.05, 0.1) is 13.3 Å². The van der Waals surface area contributed by atoms with Crippen LogP contribution < -0.4 is 10.6 Å². The Labute approximate surface area is 261 Å². The van der Waals surface area contributed by atoms with E-state index in [1.54, 1.807) is 0 Å². The minimum atomic E-state index is -0.348. The van der Waals surface area contributed by atoms with Crippen molar-refractivity contribution in [2.45, 2.75) is 66.1 Å². The van der Waals surface area contributed by atoms with Crippen molar-refractivity contribution in [3.63, 3.8) is 0 Å². The molecule has 0 aromatic heterocycles. The fourth-order valence-electron chi connectivity index (χ4n) is 4.35. The van der Waals surface area contributed by atoms with Crippen LogP contribution in [0, 0.1) is 5.92 Å². The van der Waals surface area contributed by atoms with Crippen molar-refractivity contribution >= 4 is 11.9 Å². The van der Waals surface area contributed by atoms with Gasteiger partial charge in [-0.25, -0.2) is 0 Å². The van der Waals surface area contributed by atoms with Crippen molar-refractivity contribution in [1.82, 2.24) is 10.2 Å². The molecule has 7 heteroatoms. The molecule has 2 rings (SSSR count). The van der Waals surface area contributed by atoms with E-state index in [2.05, 4.69) is 74.1 Å². The summed E-state index contributed by atoms with van der Waals surface area (Å²) in [6.45, 7) is 19.1. The fraction of sp³-hybridized carbons (Fsp3) is 0.472. The van der Waals surface area contributed by atoms with Crippen molar-refractivity contribution in [1.29, 1.82) is 0 Å². The van der Waals surface area contributed by atoms with Crippen LogP contribution in [0.25, 0.3) is 0 Å². The van der Waals surface area contributed by atoms with E-state index in [9.17, 15) is 5.11 Å². The van der Waals surface area contributed by atoms with Crippen LogP contribution in [0.3, 0.4) is 0 Å². The van der Waals surface area contributed by atoms with Crippen LogP contribution in [0.4, 0.5) is 5.69 Å². The highest BCUT2D eigenvalue weighted by Gasteiger charge is 2.23. The van der Waals surface area contributed by atoms with Crippen molar-refractivity contribution in [3.05, 3.63) is 102 Å². The lowest BCUT2D eigenvalue weighted by Crippen LogP contribution is -2.27. The molecule has 1 aliphatic rings. The maximum absolute atomic E-state index is 9.34. The first-order chi connectivity index (χ1) is 20.8. The van der Waals surface area contributed by atoms with Gasteiger partial charge in [-0.15, -0.1) is 0 Å². The fourth-order valence-corrected chi connectivity index (χ4v) is 4.35. The lowest BCUT2D eigenvalue weighted by atomic mass is 9.97. The zero-order chi connectivity index (χ0) is 31.9. The van der Waals surface area contributed by atoms with Gasteiger partial charge in [-0.05, 0) is 80.6 Å². The largest absolute Gasteiger partial charge is 0.483 e. The van der Waals surface area contributed by atoms with Gasteiger partial charge in [0.1, 0.15) is 11.4 Å². The Morgan fingerprint density at radius 1 is 1.26 bits per heavy atom. The second kappa shape index (κ2) is 22.2. The Balaban J connectivity index is 0.00000452. The quantitative estimate of drug-likeness (QED) is 0.0806. The molecule has 0 aliphatic heterocycles. The number of hydrogen-bond donors (Lipinski definition) is 4. The Hall–Kier alpha value is -3.39. The average molecular weight is 593 g/mol. The van der Waals surface area contributed by atoms with Crippen LogP contribution in [0.1, 0.15) is 59.4 Å². The van der Waals surface area contributed by atoms with E-state index in [0.29, 0.717) is 19.1 Å². The van der Waals surface area contributed by atoms with E-state index in [4.69, 9.17) is 14.8 Å². The van der Waals surface area contributed by atoms with Crippen LogP contribution in [-0.2, 0) is 11.3 Å². The summed E-state index contributed by atoms with van der Waals surface area (Å²) in [6, 6.07) is 7.95. The predicted octanol–water partition coefficient (Wildman–Crippen LogP) is 6.77. The summed E-state index contributed by atoms with van der Waals surface area (Å²) in [5.41, 5.74) is 3.57. The molecule has 238 valence electrons. The van der Waals surface area contributed by atoms with E-state index in [1.807, 2.05) is 61.7 Å². The number of hydrogen-bond acceptors (Lipinski definition) is 7. The van der Waals surface area contributed by atoms with E-state index in [1.165, 1.54) is 0 Å². The zero-order valence-corrected chi connectivity index (χ0v) is 27.4. The van der Waals surface area contributed by atoms with Crippen molar-refractivity contribution in [2.24, 2.45) is 10.9 Å². The second-order valence-electron chi connectivity index (χ2n) is 10.8. The molecule has 0 heterocycles. The first-order valence-electron chi connectivity index (χ1n) is 15.4. The molecular formula is C36H56N4O3. The number of aliphatic hydroxyl groups excluding tert-OH is 2. The molecule has 0 fully saturated rings. The van der Waals surface area contributed by atoms with Gasteiger partial charge in [-0.2, -0.15) is 0 Å². The third kappa shape index (κ3) is 16.1. The van der Waals surface area contributed by atoms with E-state index in [0.717, 1.165) is 74.3 Å². The summed E-state index contributed by atoms with van der Waals surface area (Å²) < 4.78 is 6.32. The molecular weight excluding hydrogens is 536 g/mol. The lowest BCUT2D eigenvalue weighted by molar-refractivity contribution is 0.0709. The number of ether oxygens (including phenoxy) is 1. The van der Waals surface area contributed by atoms with Gasteiger partial charge >= 0.3 is 0 Å². The summed E-state index contributed by atoms with van der Waals surface area (Å²) in [6.07, 6.45) is 21.2. The number of rotatable bonds is 19. The first-order valence-corrected chi connectivity index (χ1v) is 15.4. The van der Waals surface area contributed by atoms with Crippen LogP contribution >= 0.6 is 0 Å². The highest BCUT2D eigenvalue weighted by Crippen LogP contribution is 2.25. The van der Waals surface area contributed by atoms with Crippen LogP contribution in [0.15, 0.2) is 101 Å². The van der Waals surface area contributed by atoms with Gasteiger partial charge in [0, 0.05) is 50.8 Å². The third-order valence-corrected chi connectivity index (χ3v) is 6.85. The summed E-state index contributed by atoms with van der Waals surface area (Å²) in [5, 5.41) is 23.3. The van der Waals surface area contributed by atoms with Gasteiger partial charge in [0.2, 0.25) is 0 Å². The molecule has 0 amide bonds. The summed E-state index contributed by atoms with van der Waals surface area (Å²) in [4.78, 5) is 7.10. The molecule has 1 aromatic rings. The van der Waals surface area contributed by atoms with Gasteiger partial charge in [0.15, 0.2) is 0 Å². The minimum absolute atomic E-state index is 0.0652. The Bertz CT molecular complexity index is 1120. The lowest BCUT2D eigenvalue weighted by Gasteiger charge is -2.28. The van der Waals surface area contributed by atoms with Crippen LogP contribution in [0.2, 0.25) is 0 Å². The number of allylic oxidation sites excluding steroid dienone is 6. The molecule has 1 aromatic carbocycles. The van der Waals surface area contributed by atoms with Gasteiger partial charge in [-0.3, -0.25) is 9.89 Å². The highest BCUT2D eigenvalue weighted by molar-refractivity contribution is 5.77. The SMILES string of the molecule is C=C(/C=C(\C=C/C)OC1(C)C=CC=CC1)CNC(/C=N\CN(CC)CCC(C)CNc1cccc(CO)c1)=C/CC.CO. The van der Waals surface area contributed by atoms with Crippen molar-refractivity contribution in [2.75, 3.05) is 45.3 Å². The predicted molar refractivity (Wildman–Crippen MR) is 184 cm³/mol. The molecule has 0 radical (unpaired) electrons. The molecule has 0 spiro atoms. The van der Waals surface area contributed by atoms with Crippen molar-refractivity contribution < 1.29 is 14.9 Å². The first kappa shape index (κ1) is 37.6.